The molecule has 33 heavy (non-hydrogen) atoms. The largest absolute Gasteiger partial charge is 0.495 e. The summed E-state index contributed by atoms with van der Waals surface area (Å²) in [6.07, 6.45) is 4.35. The summed E-state index contributed by atoms with van der Waals surface area (Å²) in [6, 6.07) is 4.21. The molecule has 1 aromatic rings. The third kappa shape index (κ3) is 4.62. The second-order valence-electron chi connectivity index (χ2n) is 8.73. The van der Waals surface area contributed by atoms with Crippen LogP contribution in [0.5, 0.6) is 5.75 Å². The molecule has 11 heteroatoms. The number of amides is 3. The second kappa shape index (κ2) is 9.40. The molecule has 1 spiro atoms. The predicted molar refractivity (Wildman–Crippen MR) is 118 cm³/mol. The lowest BCUT2D eigenvalue weighted by Crippen LogP contribution is -2.41. The topological polar surface area (TPSA) is 122 Å². The average Bonchev–Trinajstić information content (AvgIpc) is 3.03. The van der Waals surface area contributed by atoms with Crippen molar-refractivity contribution in [2.24, 2.45) is 5.41 Å². The Balaban J connectivity index is 1.50. The van der Waals surface area contributed by atoms with E-state index in [9.17, 15) is 22.8 Å². The minimum absolute atomic E-state index is 0.00924. The molecular formula is C22H29N3O7S. The van der Waals surface area contributed by atoms with Crippen molar-refractivity contribution in [3.05, 3.63) is 18.2 Å². The van der Waals surface area contributed by atoms with E-state index in [1.165, 1.54) is 29.6 Å². The molecule has 2 saturated heterocycles. The van der Waals surface area contributed by atoms with Crippen molar-refractivity contribution in [2.45, 2.75) is 43.4 Å². The van der Waals surface area contributed by atoms with Crippen LogP contribution in [0.15, 0.2) is 23.1 Å². The lowest BCUT2D eigenvalue weighted by Gasteiger charge is -2.30. The van der Waals surface area contributed by atoms with Crippen LogP contribution in [0.25, 0.3) is 0 Å². The third-order valence-corrected chi connectivity index (χ3v) is 8.55. The molecule has 2 heterocycles. The number of sulfonamides is 1. The quantitative estimate of drug-likeness (QED) is 0.612. The molecule has 1 N–H and O–H groups in total. The molecule has 10 nitrogen and oxygen atoms in total. The fourth-order valence-electron chi connectivity index (χ4n) is 4.85. The second-order valence-corrected chi connectivity index (χ2v) is 10.7. The van der Waals surface area contributed by atoms with Gasteiger partial charge in [0.05, 0.1) is 36.3 Å². The van der Waals surface area contributed by atoms with Crippen LogP contribution in [0.2, 0.25) is 0 Å². The van der Waals surface area contributed by atoms with Crippen molar-refractivity contribution in [3.8, 4) is 5.75 Å². The van der Waals surface area contributed by atoms with E-state index in [0.29, 0.717) is 26.1 Å². The van der Waals surface area contributed by atoms with Gasteiger partial charge in [0.15, 0.2) is 0 Å². The maximum atomic E-state index is 13.0. The highest BCUT2D eigenvalue weighted by molar-refractivity contribution is 7.89. The number of carbonyl (C=O) groups is 3. The van der Waals surface area contributed by atoms with Gasteiger partial charge in [-0.15, -0.1) is 0 Å². The number of hydrogen-bond acceptors (Lipinski definition) is 7. The van der Waals surface area contributed by atoms with Gasteiger partial charge in [0.2, 0.25) is 27.7 Å². The summed E-state index contributed by atoms with van der Waals surface area (Å²) in [5.41, 5.74) is -0.511. The number of rotatable bonds is 6. The van der Waals surface area contributed by atoms with Crippen LogP contribution in [0.4, 0.5) is 5.69 Å². The van der Waals surface area contributed by atoms with Crippen molar-refractivity contribution in [3.63, 3.8) is 0 Å². The Labute approximate surface area is 193 Å². The minimum atomic E-state index is -3.78. The Morgan fingerprint density at radius 2 is 1.85 bits per heavy atom. The van der Waals surface area contributed by atoms with E-state index >= 15 is 0 Å². The number of nitrogens with zero attached hydrogens (tertiary/aromatic N) is 2. The molecule has 3 fully saturated rings. The molecule has 0 bridgehead atoms. The van der Waals surface area contributed by atoms with Gasteiger partial charge in [-0.3, -0.25) is 19.3 Å². The fourth-order valence-corrected chi connectivity index (χ4v) is 6.29. The van der Waals surface area contributed by atoms with E-state index in [2.05, 4.69) is 5.32 Å². The fraction of sp³-hybridized carbons (Fsp3) is 0.591. The molecule has 3 aliphatic rings. The molecule has 0 radical (unpaired) electrons. The van der Waals surface area contributed by atoms with E-state index in [-0.39, 0.29) is 47.7 Å². The molecule has 1 saturated carbocycles. The lowest BCUT2D eigenvalue weighted by molar-refractivity contribution is -0.144. The van der Waals surface area contributed by atoms with Crippen LogP contribution in [-0.4, -0.2) is 75.3 Å². The molecule has 0 aromatic heterocycles. The maximum absolute atomic E-state index is 13.0. The van der Waals surface area contributed by atoms with Crippen LogP contribution in [0.1, 0.15) is 38.5 Å². The number of anilines is 1. The van der Waals surface area contributed by atoms with Gasteiger partial charge in [-0.25, -0.2) is 8.42 Å². The summed E-state index contributed by atoms with van der Waals surface area (Å²) in [7, 11) is -2.37. The normalized spacial score (nSPS) is 21.4. The standard InChI is InChI=1S/C22H29N3O7S/c1-31-18-6-5-16(33(29,30)24-9-11-32-12-10-24)13-17(18)23-19(26)15-25-20(27)14-22(21(25)28)7-3-2-4-8-22/h5-6,13H,2-4,7-12,14-15H2,1H3,(H,23,26). The Bertz CT molecular complexity index is 1040. The van der Waals surface area contributed by atoms with Crippen molar-refractivity contribution in [2.75, 3.05) is 45.3 Å². The van der Waals surface area contributed by atoms with E-state index in [1.807, 2.05) is 0 Å². The first-order valence-corrected chi connectivity index (χ1v) is 12.6. The highest BCUT2D eigenvalue weighted by Crippen LogP contribution is 2.45. The first-order chi connectivity index (χ1) is 15.8. The predicted octanol–water partition coefficient (Wildman–Crippen LogP) is 1.36. The van der Waals surface area contributed by atoms with Gasteiger partial charge in [-0.2, -0.15) is 4.31 Å². The summed E-state index contributed by atoms with van der Waals surface area (Å²) in [6.45, 7) is 0.716. The van der Waals surface area contributed by atoms with Crippen LogP contribution in [0, 0.1) is 5.41 Å². The van der Waals surface area contributed by atoms with Gasteiger partial charge in [0, 0.05) is 19.5 Å². The molecule has 2 aliphatic heterocycles. The number of imide groups is 1. The van der Waals surface area contributed by atoms with Gasteiger partial charge >= 0.3 is 0 Å². The molecule has 1 aromatic carbocycles. The van der Waals surface area contributed by atoms with Crippen molar-refractivity contribution in [1.29, 1.82) is 0 Å². The molecule has 3 amide bonds. The summed E-state index contributed by atoms with van der Waals surface area (Å²) in [5.74, 6) is -0.943. The van der Waals surface area contributed by atoms with Crippen LogP contribution in [0.3, 0.4) is 0 Å². The molecule has 1 aliphatic carbocycles. The number of morpholine rings is 1. The zero-order valence-corrected chi connectivity index (χ0v) is 19.5. The Kier molecular flexibility index (Phi) is 6.73. The highest BCUT2D eigenvalue weighted by Gasteiger charge is 2.51. The number of hydrogen-bond donors (Lipinski definition) is 1. The van der Waals surface area contributed by atoms with Gasteiger partial charge in [-0.1, -0.05) is 19.3 Å². The SMILES string of the molecule is COc1ccc(S(=O)(=O)N2CCOCC2)cc1NC(=O)CN1C(=O)CC2(CCCCC2)C1=O. The van der Waals surface area contributed by atoms with E-state index in [4.69, 9.17) is 9.47 Å². The summed E-state index contributed by atoms with van der Waals surface area (Å²) >= 11 is 0. The van der Waals surface area contributed by atoms with E-state index < -0.39 is 27.9 Å². The van der Waals surface area contributed by atoms with Crippen LogP contribution >= 0.6 is 0 Å². The summed E-state index contributed by atoms with van der Waals surface area (Å²) in [4.78, 5) is 39.3. The number of methoxy groups -OCH3 is 1. The lowest BCUT2D eigenvalue weighted by atomic mass is 9.73. The Morgan fingerprint density at radius 1 is 1.15 bits per heavy atom. The molecule has 0 atom stereocenters. The van der Waals surface area contributed by atoms with Crippen molar-refractivity contribution < 1.29 is 32.3 Å². The average molecular weight is 480 g/mol. The Morgan fingerprint density at radius 3 is 2.52 bits per heavy atom. The number of benzene rings is 1. The molecular weight excluding hydrogens is 450 g/mol. The van der Waals surface area contributed by atoms with Gasteiger partial charge in [0.25, 0.3) is 0 Å². The number of likely N-dealkylation sites (tertiary alicyclic amines) is 1. The minimum Gasteiger partial charge on any atom is -0.495 e. The zero-order valence-electron chi connectivity index (χ0n) is 18.7. The van der Waals surface area contributed by atoms with E-state index in [1.54, 1.807) is 0 Å². The molecule has 180 valence electrons. The zero-order chi connectivity index (χ0) is 23.6. The van der Waals surface area contributed by atoms with Gasteiger partial charge in [0.1, 0.15) is 12.3 Å². The smallest absolute Gasteiger partial charge is 0.244 e. The molecule has 0 unspecified atom stereocenters. The summed E-state index contributed by atoms with van der Waals surface area (Å²) in [5, 5.41) is 2.62. The first-order valence-electron chi connectivity index (χ1n) is 11.2. The van der Waals surface area contributed by atoms with Crippen LogP contribution < -0.4 is 10.1 Å². The summed E-state index contributed by atoms with van der Waals surface area (Å²) < 4.78 is 37.8. The third-order valence-electron chi connectivity index (χ3n) is 6.65. The first kappa shape index (κ1) is 23.7. The number of carbonyl (C=O) groups excluding carboxylic acids is 3. The van der Waals surface area contributed by atoms with E-state index in [0.717, 1.165) is 24.2 Å². The highest BCUT2D eigenvalue weighted by atomic mass is 32.2. The maximum Gasteiger partial charge on any atom is 0.244 e. The Hall–Kier alpha value is -2.50. The van der Waals surface area contributed by atoms with Crippen molar-refractivity contribution >= 4 is 33.4 Å². The monoisotopic (exact) mass is 479 g/mol. The number of ether oxygens (including phenoxy) is 2. The van der Waals surface area contributed by atoms with Crippen LogP contribution in [-0.2, 0) is 29.1 Å². The van der Waals surface area contributed by atoms with Gasteiger partial charge < -0.3 is 14.8 Å². The molecule has 4 rings (SSSR count). The van der Waals surface area contributed by atoms with Crippen molar-refractivity contribution in [1.82, 2.24) is 9.21 Å². The van der Waals surface area contributed by atoms with Gasteiger partial charge in [-0.05, 0) is 31.0 Å². The number of nitrogens with one attached hydrogen (secondary N) is 1.